The Morgan fingerprint density at radius 1 is 1.35 bits per heavy atom. The molecule has 23 heavy (non-hydrogen) atoms. The monoisotopic (exact) mass is 319 g/mol. The van der Waals surface area contributed by atoms with Crippen molar-refractivity contribution in [3.8, 4) is 5.75 Å². The number of pyridine rings is 1. The standard InChI is InChI=1S/C17H29N5O/c1-4-13-15(23-12-8-6-5-7-9-12)11-10-14(21-13)16(18)17(20-2)22(3)19/h10-12,20H,4-9,18-19H2,1-3H3/b17-16-. The van der Waals surface area contributed by atoms with Gasteiger partial charge in [-0.2, -0.15) is 0 Å². The van der Waals surface area contributed by atoms with E-state index >= 15 is 0 Å². The van der Waals surface area contributed by atoms with Crippen LogP contribution in [0.15, 0.2) is 18.0 Å². The smallest absolute Gasteiger partial charge is 0.141 e. The summed E-state index contributed by atoms with van der Waals surface area (Å²) in [6.45, 7) is 2.08. The molecule has 2 rings (SSSR count). The van der Waals surface area contributed by atoms with Gasteiger partial charge in [-0.15, -0.1) is 0 Å². The van der Waals surface area contributed by atoms with Crippen molar-refractivity contribution in [3.05, 3.63) is 29.3 Å². The van der Waals surface area contributed by atoms with Gasteiger partial charge in [0.25, 0.3) is 0 Å². The first-order valence-electron chi connectivity index (χ1n) is 8.39. The average molecular weight is 319 g/mol. The van der Waals surface area contributed by atoms with Crippen LogP contribution in [0.3, 0.4) is 0 Å². The molecule has 1 saturated carbocycles. The fourth-order valence-electron chi connectivity index (χ4n) is 2.98. The van der Waals surface area contributed by atoms with E-state index in [4.69, 9.17) is 16.3 Å². The van der Waals surface area contributed by atoms with Gasteiger partial charge in [-0.05, 0) is 44.2 Å². The van der Waals surface area contributed by atoms with Crippen LogP contribution in [-0.4, -0.2) is 30.2 Å². The van der Waals surface area contributed by atoms with Crippen LogP contribution in [0.2, 0.25) is 0 Å². The van der Waals surface area contributed by atoms with Gasteiger partial charge in [0.1, 0.15) is 11.6 Å². The molecule has 0 aliphatic heterocycles. The van der Waals surface area contributed by atoms with E-state index in [9.17, 15) is 0 Å². The van der Waals surface area contributed by atoms with Gasteiger partial charge >= 0.3 is 0 Å². The largest absolute Gasteiger partial charge is 0.489 e. The van der Waals surface area contributed by atoms with Crippen molar-refractivity contribution < 1.29 is 4.74 Å². The Balaban J connectivity index is 2.25. The van der Waals surface area contributed by atoms with Gasteiger partial charge in [-0.1, -0.05) is 13.3 Å². The molecule has 0 radical (unpaired) electrons. The number of rotatable bonds is 6. The summed E-state index contributed by atoms with van der Waals surface area (Å²) in [6, 6.07) is 3.87. The highest BCUT2D eigenvalue weighted by atomic mass is 16.5. The molecule has 1 heterocycles. The number of aromatic nitrogens is 1. The quantitative estimate of drug-likeness (QED) is 0.549. The summed E-state index contributed by atoms with van der Waals surface area (Å²) in [6.07, 6.45) is 7.21. The average Bonchev–Trinajstić information content (AvgIpc) is 2.56. The highest BCUT2D eigenvalue weighted by Crippen LogP contribution is 2.26. The minimum absolute atomic E-state index is 0.317. The fourth-order valence-corrected chi connectivity index (χ4v) is 2.98. The van der Waals surface area contributed by atoms with E-state index in [2.05, 4.69) is 17.2 Å². The SMILES string of the molecule is CCc1nc(/C(N)=C(\NC)N(C)N)ccc1OC1CCCCC1. The molecule has 0 atom stereocenters. The number of aryl methyl sites for hydroxylation is 1. The summed E-state index contributed by atoms with van der Waals surface area (Å²) in [4.78, 5) is 4.68. The summed E-state index contributed by atoms with van der Waals surface area (Å²) in [7, 11) is 3.52. The summed E-state index contributed by atoms with van der Waals surface area (Å²) < 4.78 is 6.18. The van der Waals surface area contributed by atoms with Crippen molar-refractivity contribution in [1.29, 1.82) is 0 Å². The predicted molar refractivity (Wildman–Crippen MR) is 93.2 cm³/mol. The summed E-state index contributed by atoms with van der Waals surface area (Å²) in [5.41, 5.74) is 8.37. The number of nitrogens with zero attached hydrogens (tertiary/aromatic N) is 2. The molecule has 6 heteroatoms. The molecule has 1 aliphatic rings. The lowest BCUT2D eigenvalue weighted by Gasteiger charge is -2.24. The van der Waals surface area contributed by atoms with Crippen LogP contribution in [0.25, 0.3) is 5.70 Å². The second kappa shape index (κ2) is 8.06. The Morgan fingerprint density at radius 3 is 2.61 bits per heavy atom. The predicted octanol–water partition coefficient (Wildman–Crippen LogP) is 1.97. The Bertz CT molecular complexity index is 550. The van der Waals surface area contributed by atoms with Gasteiger partial charge in [-0.25, -0.2) is 10.8 Å². The minimum Gasteiger partial charge on any atom is -0.489 e. The van der Waals surface area contributed by atoms with E-state index in [1.165, 1.54) is 24.3 Å². The molecule has 0 amide bonds. The molecule has 6 nitrogen and oxygen atoms in total. The second-order valence-corrected chi connectivity index (χ2v) is 6.00. The van der Waals surface area contributed by atoms with E-state index in [-0.39, 0.29) is 0 Å². The maximum Gasteiger partial charge on any atom is 0.141 e. The molecule has 1 aromatic heterocycles. The molecule has 1 aromatic rings. The van der Waals surface area contributed by atoms with Crippen LogP contribution in [-0.2, 0) is 6.42 Å². The van der Waals surface area contributed by atoms with Gasteiger partial charge < -0.3 is 15.8 Å². The van der Waals surface area contributed by atoms with Crippen LogP contribution in [0.4, 0.5) is 0 Å². The Kier molecular flexibility index (Phi) is 6.10. The first-order valence-corrected chi connectivity index (χ1v) is 8.39. The molecule has 0 aromatic carbocycles. The van der Waals surface area contributed by atoms with Gasteiger partial charge in [0, 0.05) is 14.1 Å². The van der Waals surface area contributed by atoms with E-state index in [1.54, 1.807) is 14.1 Å². The van der Waals surface area contributed by atoms with Crippen LogP contribution in [0, 0.1) is 0 Å². The van der Waals surface area contributed by atoms with Crippen molar-refractivity contribution in [1.82, 2.24) is 15.3 Å². The van der Waals surface area contributed by atoms with E-state index < -0.39 is 0 Å². The van der Waals surface area contributed by atoms with E-state index in [0.717, 1.165) is 30.7 Å². The zero-order chi connectivity index (χ0) is 16.8. The third kappa shape index (κ3) is 4.28. The summed E-state index contributed by atoms with van der Waals surface area (Å²) >= 11 is 0. The molecule has 0 saturated heterocycles. The second-order valence-electron chi connectivity index (χ2n) is 6.00. The molecule has 0 spiro atoms. The lowest BCUT2D eigenvalue weighted by molar-refractivity contribution is 0.153. The van der Waals surface area contributed by atoms with Gasteiger partial charge in [0.15, 0.2) is 0 Å². The first kappa shape index (κ1) is 17.4. The van der Waals surface area contributed by atoms with Crippen LogP contribution in [0.5, 0.6) is 5.75 Å². The minimum atomic E-state index is 0.317. The van der Waals surface area contributed by atoms with Crippen molar-refractivity contribution in [2.75, 3.05) is 14.1 Å². The van der Waals surface area contributed by atoms with Crippen molar-refractivity contribution >= 4 is 5.70 Å². The number of ether oxygens (including phenoxy) is 1. The topological polar surface area (TPSA) is 89.4 Å². The van der Waals surface area contributed by atoms with E-state index in [0.29, 0.717) is 23.3 Å². The fraction of sp³-hybridized carbons (Fsp3) is 0.588. The van der Waals surface area contributed by atoms with Crippen molar-refractivity contribution in [2.45, 2.75) is 51.6 Å². The van der Waals surface area contributed by atoms with Crippen LogP contribution in [0.1, 0.15) is 50.4 Å². The third-order valence-corrected chi connectivity index (χ3v) is 4.23. The Morgan fingerprint density at radius 2 is 2.04 bits per heavy atom. The molecular formula is C17H29N5O. The molecule has 0 bridgehead atoms. The molecule has 1 fully saturated rings. The number of nitrogens with two attached hydrogens (primary N) is 2. The highest BCUT2D eigenvalue weighted by molar-refractivity contribution is 5.62. The van der Waals surface area contributed by atoms with Crippen LogP contribution >= 0.6 is 0 Å². The normalized spacial score (nSPS) is 16.7. The third-order valence-electron chi connectivity index (χ3n) is 4.23. The highest BCUT2D eigenvalue weighted by Gasteiger charge is 2.18. The number of hydrogen-bond acceptors (Lipinski definition) is 6. The maximum atomic E-state index is 6.20. The van der Waals surface area contributed by atoms with Gasteiger partial charge in [0.2, 0.25) is 0 Å². The molecule has 5 N–H and O–H groups in total. The Hall–Kier alpha value is -1.95. The lowest BCUT2D eigenvalue weighted by Crippen LogP contribution is -2.34. The Labute approximate surface area is 138 Å². The van der Waals surface area contributed by atoms with Crippen LogP contribution < -0.4 is 21.6 Å². The number of hydrazine groups is 1. The number of hydrogen-bond donors (Lipinski definition) is 3. The molecular weight excluding hydrogens is 290 g/mol. The molecule has 1 aliphatic carbocycles. The maximum absolute atomic E-state index is 6.20. The summed E-state index contributed by atoms with van der Waals surface area (Å²) in [5, 5.41) is 4.46. The van der Waals surface area contributed by atoms with Gasteiger partial charge in [0.05, 0.1) is 23.2 Å². The zero-order valence-corrected chi connectivity index (χ0v) is 14.4. The summed E-state index contributed by atoms with van der Waals surface area (Å²) in [5.74, 6) is 7.31. The van der Waals surface area contributed by atoms with Crippen molar-refractivity contribution in [3.63, 3.8) is 0 Å². The zero-order valence-electron chi connectivity index (χ0n) is 14.4. The molecule has 0 unspecified atom stereocenters. The van der Waals surface area contributed by atoms with E-state index in [1.807, 2.05) is 12.1 Å². The molecule has 128 valence electrons. The number of nitrogens with one attached hydrogen (secondary N) is 1. The first-order chi connectivity index (χ1) is 11.1. The lowest BCUT2D eigenvalue weighted by atomic mass is 9.98. The van der Waals surface area contributed by atoms with Crippen molar-refractivity contribution in [2.24, 2.45) is 11.6 Å². The van der Waals surface area contributed by atoms with Gasteiger partial charge in [-0.3, -0.25) is 5.01 Å².